The number of hydrogen-bond acceptors (Lipinski definition) is 7. The Kier molecular flexibility index (Phi) is 8.83. The molecule has 1 spiro atoms. The molecule has 12 heteroatoms. The van der Waals surface area contributed by atoms with Crippen molar-refractivity contribution < 1.29 is 9.59 Å². The number of nitrogens with zero attached hydrogens (tertiary/aromatic N) is 7. The van der Waals surface area contributed by atoms with Gasteiger partial charge in [-0.2, -0.15) is 0 Å². The van der Waals surface area contributed by atoms with Crippen LogP contribution in [0.5, 0.6) is 0 Å². The molecule has 2 N–H and O–H groups in total. The lowest BCUT2D eigenvalue weighted by atomic mass is 9.88. The van der Waals surface area contributed by atoms with Gasteiger partial charge in [-0.15, -0.1) is 0 Å². The summed E-state index contributed by atoms with van der Waals surface area (Å²) in [4.78, 5) is 45.1. The van der Waals surface area contributed by atoms with Gasteiger partial charge in [-0.25, -0.2) is 19.7 Å². The van der Waals surface area contributed by atoms with Gasteiger partial charge in [-0.1, -0.05) is 54.9 Å². The van der Waals surface area contributed by atoms with Crippen molar-refractivity contribution in [1.29, 1.82) is 0 Å². The molecule has 4 aromatic rings. The van der Waals surface area contributed by atoms with Gasteiger partial charge < -0.3 is 29.7 Å². The Morgan fingerprint density at radius 2 is 1.73 bits per heavy atom. The maximum Gasteiger partial charge on any atom is 0.318 e. The maximum atomic E-state index is 12.8. The van der Waals surface area contributed by atoms with Crippen LogP contribution < -0.4 is 20.4 Å². The van der Waals surface area contributed by atoms with Crippen LogP contribution in [-0.4, -0.2) is 87.5 Å². The van der Waals surface area contributed by atoms with Gasteiger partial charge in [0.15, 0.2) is 11.5 Å². The Balaban J connectivity index is 0.000000513. The van der Waals surface area contributed by atoms with Crippen molar-refractivity contribution in [2.24, 2.45) is 5.92 Å². The third kappa shape index (κ3) is 6.57. The van der Waals surface area contributed by atoms with Crippen molar-refractivity contribution in [3.63, 3.8) is 0 Å². The molecule has 3 saturated heterocycles. The predicted octanol–water partition coefficient (Wildman–Crippen LogP) is 4.10. The summed E-state index contributed by atoms with van der Waals surface area (Å²) in [5.41, 5.74) is 1.72. The summed E-state index contributed by atoms with van der Waals surface area (Å²) in [5, 5.41) is 6.42. The zero-order chi connectivity index (χ0) is 30.5. The third-order valence-electron chi connectivity index (χ3n) is 8.63. The highest BCUT2D eigenvalue weighted by molar-refractivity contribution is 6.33. The normalized spacial score (nSPS) is 19.2. The number of amides is 3. The van der Waals surface area contributed by atoms with Gasteiger partial charge in [0.1, 0.15) is 5.69 Å². The van der Waals surface area contributed by atoms with E-state index in [1.54, 1.807) is 23.5 Å². The number of carbonyl (C=O) groups is 2. The van der Waals surface area contributed by atoms with Crippen molar-refractivity contribution >= 4 is 40.7 Å². The van der Waals surface area contributed by atoms with Crippen molar-refractivity contribution in [1.82, 2.24) is 34.9 Å². The molecule has 6 heterocycles. The van der Waals surface area contributed by atoms with E-state index in [-0.39, 0.29) is 23.2 Å². The zero-order valence-corrected chi connectivity index (χ0v) is 25.7. The summed E-state index contributed by atoms with van der Waals surface area (Å²) in [7, 11) is 0. The fourth-order valence-corrected chi connectivity index (χ4v) is 6.41. The molecule has 0 aliphatic carbocycles. The van der Waals surface area contributed by atoms with E-state index < -0.39 is 0 Å². The van der Waals surface area contributed by atoms with E-state index in [0.717, 1.165) is 62.6 Å². The summed E-state index contributed by atoms with van der Waals surface area (Å²) in [5.74, 6) is 1.17. The van der Waals surface area contributed by atoms with Gasteiger partial charge in [0.25, 0.3) is 5.91 Å². The summed E-state index contributed by atoms with van der Waals surface area (Å²) >= 11 is 6.41. The molecule has 7 rings (SSSR count). The first kappa shape index (κ1) is 29.7. The molecule has 3 aliphatic rings. The minimum atomic E-state index is -0.334. The summed E-state index contributed by atoms with van der Waals surface area (Å²) < 4.78 is 1.96. The number of aromatic nitrogens is 4. The minimum Gasteiger partial charge on any atom is -0.370 e. The van der Waals surface area contributed by atoms with Gasteiger partial charge in [0.05, 0.1) is 22.4 Å². The first-order valence-corrected chi connectivity index (χ1v) is 15.6. The topological polar surface area (TPSA) is 111 Å². The Labute approximate surface area is 262 Å². The van der Waals surface area contributed by atoms with Crippen LogP contribution in [0.15, 0.2) is 73.4 Å². The van der Waals surface area contributed by atoms with Crippen molar-refractivity contribution in [3.8, 4) is 0 Å². The number of nitrogens with one attached hydrogen (secondary N) is 2. The average molecular weight is 616 g/mol. The molecular formula is C32H38ClN9O2. The van der Waals surface area contributed by atoms with E-state index in [2.05, 4.69) is 42.3 Å². The number of halogens is 1. The molecule has 0 bridgehead atoms. The Bertz CT molecular complexity index is 1560. The van der Waals surface area contributed by atoms with Gasteiger partial charge in [0.2, 0.25) is 0 Å². The first-order valence-electron chi connectivity index (χ1n) is 15.2. The molecule has 3 fully saturated rings. The predicted molar refractivity (Wildman–Crippen MR) is 171 cm³/mol. The van der Waals surface area contributed by atoms with Gasteiger partial charge >= 0.3 is 6.03 Å². The molecule has 11 nitrogen and oxygen atoms in total. The van der Waals surface area contributed by atoms with Gasteiger partial charge in [-0.3, -0.25) is 4.79 Å². The van der Waals surface area contributed by atoms with Crippen molar-refractivity contribution in [3.05, 3.63) is 84.2 Å². The second kappa shape index (κ2) is 13.1. The van der Waals surface area contributed by atoms with Crippen LogP contribution in [0.25, 0.3) is 5.65 Å². The summed E-state index contributed by atoms with van der Waals surface area (Å²) in [6.45, 7) is 7.07. The highest BCUT2D eigenvalue weighted by Gasteiger charge is 2.44. The number of pyridine rings is 1. The van der Waals surface area contributed by atoms with E-state index in [4.69, 9.17) is 11.6 Å². The van der Waals surface area contributed by atoms with Gasteiger partial charge in [-0.05, 0) is 31.2 Å². The molecule has 0 radical (unpaired) electrons. The number of rotatable bonds is 6. The van der Waals surface area contributed by atoms with E-state index in [9.17, 15) is 9.59 Å². The largest absolute Gasteiger partial charge is 0.370 e. The molecule has 1 atom stereocenters. The van der Waals surface area contributed by atoms with E-state index in [1.807, 2.05) is 59.3 Å². The fourth-order valence-electron chi connectivity index (χ4n) is 6.17. The van der Waals surface area contributed by atoms with Crippen LogP contribution in [0.3, 0.4) is 0 Å². The molecule has 44 heavy (non-hydrogen) atoms. The van der Waals surface area contributed by atoms with E-state index in [0.29, 0.717) is 30.6 Å². The standard InChI is InChI=1S/C26H32ClN9O2.C6H6/c1-18-2-8-35(16-18)19-14-20(27)21(31-15-19)24(37)30-7-13-36-17-26(32-25(36)38)3-9-33(10-4-26)22-23-29-6-12-34(23)11-5-28-22;1-2-4-6-5-3-1/h5-6,11-12,14-15,18H,2-4,7-10,13,16-17H2,1H3,(H,30,37)(H,32,38);1-6H. The molecule has 3 amide bonds. The van der Waals surface area contributed by atoms with Crippen LogP contribution in [0, 0.1) is 5.92 Å². The summed E-state index contributed by atoms with van der Waals surface area (Å²) in [6.07, 6.45) is 11.8. The highest BCUT2D eigenvalue weighted by atomic mass is 35.5. The highest BCUT2D eigenvalue weighted by Crippen LogP contribution is 2.31. The quantitative estimate of drug-likeness (QED) is 0.336. The molecular weight excluding hydrogens is 578 g/mol. The van der Waals surface area contributed by atoms with Crippen LogP contribution in [0.2, 0.25) is 5.02 Å². The Morgan fingerprint density at radius 3 is 2.39 bits per heavy atom. The lowest BCUT2D eigenvalue weighted by Crippen LogP contribution is -2.52. The Hall–Kier alpha value is -4.38. The second-order valence-electron chi connectivity index (χ2n) is 11.8. The molecule has 3 aliphatic heterocycles. The van der Waals surface area contributed by atoms with E-state index >= 15 is 0 Å². The SMILES string of the molecule is CC1CCN(c2cnc(C(=O)NCCN3CC4(CCN(c5nccn6ccnc56)CC4)NC3=O)c(Cl)c2)C1.c1ccccc1. The Morgan fingerprint density at radius 1 is 1.02 bits per heavy atom. The number of benzene rings is 1. The number of anilines is 2. The molecule has 0 saturated carbocycles. The number of fused-ring (bicyclic) bond motifs is 1. The molecule has 1 aromatic carbocycles. The lowest BCUT2D eigenvalue weighted by molar-refractivity contribution is 0.0945. The number of hydrogen-bond donors (Lipinski definition) is 2. The maximum absolute atomic E-state index is 12.8. The van der Waals surface area contributed by atoms with Crippen LogP contribution in [0.1, 0.15) is 36.7 Å². The number of carbonyl (C=O) groups excluding carboxylic acids is 2. The third-order valence-corrected chi connectivity index (χ3v) is 8.92. The number of imidazole rings is 1. The van der Waals surface area contributed by atoms with Gasteiger partial charge in [0, 0.05) is 70.6 Å². The molecule has 230 valence electrons. The number of urea groups is 1. The molecule has 1 unspecified atom stereocenters. The zero-order valence-electron chi connectivity index (χ0n) is 24.9. The van der Waals surface area contributed by atoms with Crippen LogP contribution >= 0.6 is 11.6 Å². The fraction of sp³-hybridized carbons (Fsp3) is 0.406. The van der Waals surface area contributed by atoms with Crippen molar-refractivity contribution in [2.45, 2.75) is 31.7 Å². The lowest BCUT2D eigenvalue weighted by Gasteiger charge is -2.39. The van der Waals surface area contributed by atoms with Crippen molar-refractivity contribution in [2.75, 3.05) is 55.6 Å². The monoisotopic (exact) mass is 615 g/mol. The molecule has 3 aromatic heterocycles. The summed E-state index contributed by atoms with van der Waals surface area (Å²) in [6, 6.07) is 13.7. The van der Waals surface area contributed by atoms with Crippen LogP contribution in [-0.2, 0) is 0 Å². The number of piperidine rings is 1. The van der Waals surface area contributed by atoms with Crippen LogP contribution in [0.4, 0.5) is 16.3 Å². The van der Waals surface area contributed by atoms with E-state index in [1.165, 1.54) is 0 Å². The minimum absolute atomic E-state index is 0.0958. The average Bonchev–Trinajstić information content (AvgIpc) is 3.78. The smallest absolute Gasteiger partial charge is 0.318 e. The first-order chi connectivity index (χ1) is 21.4. The second-order valence-corrected chi connectivity index (χ2v) is 12.2.